The minimum absolute atomic E-state index is 0.181. The Morgan fingerprint density at radius 1 is 1.62 bits per heavy atom. The molecule has 1 aliphatic rings. The van der Waals surface area contributed by atoms with Crippen LogP contribution >= 0.6 is 0 Å². The van der Waals surface area contributed by atoms with Crippen LogP contribution in [-0.2, 0) is 4.79 Å². The molecule has 5 nitrogen and oxygen atoms in total. The van der Waals surface area contributed by atoms with Gasteiger partial charge >= 0.3 is 6.18 Å². The third kappa shape index (κ3) is 4.85. The fraction of sp³-hybridized carbons (Fsp3) is 0.750. The minimum Gasteiger partial charge on any atom is -0.352 e. The van der Waals surface area contributed by atoms with Crippen molar-refractivity contribution in [3.63, 3.8) is 0 Å². The molecule has 1 amide bonds. The van der Waals surface area contributed by atoms with Crippen molar-refractivity contribution in [2.45, 2.75) is 19.1 Å². The van der Waals surface area contributed by atoms with Crippen molar-refractivity contribution in [3.05, 3.63) is 0 Å². The van der Waals surface area contributed by atoms with Crippen molar-refractivity contribution in [2.75, 3.05) is 19.6 Å². The lowest BCUT2D eigenvalue weighted by atomic mass is 10.4. The first-order chi connectivity index (χ1) is 7.37. The van der Waals surface area contributed by atoms with Gasteiger partial charge in [-0.3, -0.25) is 9.79 Å². The van der Waals surface area contributed by atoms with E-state index in [2.05, 4.69) is 15.6 Å². The van der Waals surface area contributed by atoms with Crippen LogP contribution in [0.1, 0.15) is 6.92 Å². The van der Waals surface area contributed by atoms with Gasteiger partial charge in [0.1, 0.15) is 6.54 Å². The van der Waals surface area contributed by atoms with Crippen LogP contribution in [0.2, 0.25) is 0 Å². The molecule has 0 spiro atoms. The zero-order chi connectivity index (χ0) is 12.2. The summed E-state index contributed by atoms with van der Waals surface area (Å²) in [7, 11) is 0. The molecule has 0 aromatic rings. The fourth-order valence-electron chi connectivity index (χ4n) is 1.09. The van der Waals surface area contributed by atoms with E-state index in [4.69, 9.17) is 0 Å². The minimum atomic E-state index is -4.38. The number of hydrogen-bond donors (Lipinski definition) is 3. The molecule has 1 rings (SSSR count). The van der Waals surface area contributed by atoms with E-state index in [9.17, 15) is 18.0 Å². The molecule has 0 radical (unpaired) electrons. The van der Waals surface area contributed by atoms with Crippen LogP contribution < -0.4 is 16.0 Å². The van der Waals surface area contributed by atoms with Crippen molar-refractivity contribution in [3.8, 4) is 0 Å². The Balaban J connectivity index is 2.16. The van der Waals surface area contributed by atoms with Crippen molar-refractivity contribution in [1.82, 2.24) is 16.0 Å². The summed E-state index contributed by atoms with van der Waals surface area (Å²) in [6, 6.07) is 0.181. The zero-order valence-corrected chi connectivity index (χ0v) is 8.69. The van der Waals surface area contributed by atoms with Crippen LogP contribution in [0.3, 0.4) is 0 Å². The van der Waals surface area contributed by atoms with Gasteiger partial charge in [0.25, 0.3) is 0 Å². The second-order valence-electron chi connectivity index (χ2n) is 3.48. The van der Waals surface area contributed by atoms with Gasteiger partial charge in [0.05, 0.1) is 13.1 Å². The quantitative estimate of drug-likeness (QED) is 0.627. The molecule has 1 atom stereocenters. The van der Waals surface area contributed by atoms with E-state index in [1.807, 2.05) is 6.92 Å². The lowest BCUT2D eigenvalue weighted by molar-refractivity contribution is -0.137. The molecule has 1 heterocycles. The zero-order valence-electron chi connectivity index (χ0n) is 8.69. The van der Waals surface area contributed by atoms with E-state index in [1.165, 1.54) is 0 Å². The third-order valence-electron chi connectivity index (χ3n) is 1.81. The van der Waals surface area contributed by atoms with Crippen molar-refractivity contribution >= 4 is 11.9 Å². The summed E-state index contributed by atoms with van der Waals surface area (Å²) in [5, 5.41) is 7.27. The predicted octanol–water partition coefficient (Wildman–Crippen LogP) is -0.398. The Kier molecular flexibility index (Phi) is 3.97. The number of alkyl halides is 3. The van der Waals surface area contributed by atoms with E-state index in [0.29, 0.717) is 12.5 Å². The number of carbonyl (C=O) groups excluding carboxylic acids is 1. The molecule has 1 aliphatic heterocycles. The highest BCUT2D eigenvalue weighted by Gasteiger charge is 2.27. The highest BCUT2D eigenvalue weighted by molar-refractivity contribution is 5.87. The maximum absolute atomic E-state index is 11.7. The van der Waals surface area contributed by atoms with Crippen LogP contribution in [-0.4, -0.2) is 43.7 Å². The van der Waals surface area contributed by atoms with Crippen molar-refractivity contribution in [1.29, 1.82) is 0 Å². The first kappa shape index (κ1) is 12.6. The number of rotatable bonds is 3. The molecule has 16 heavy (non-hydrogen) atoms. The van der Waals surface area contributed by atoms with E-state index in [0.717, 1.165) is 0 Å². The molecule has 0 saturated heterocycles. The largest absolute Gasteiger partial charge is 0.405 e. The Labute approximate surface area is 90.5 Å². The van der Waals surface area contributed by atoms with Gasteiger partial charge in [0, 0.05) is 6.04 Å². The fourth-order valence-corrected chi connectivity index (χ4v) is 1.09. The summed E-state index contributed by atoms with van der Waals surface area (Å²) in [6.07, 6.45) is -4.38. The van der Waals surface area contributed by atoms with Crippen molar-refractivity contribution in [2.24, 2.45) is 4.99 Å². The molecule has 0 aromatic carbocycles. The van der Waals surface area contributed by atoms with Crippen LogP contribution in [0.15, 0.2) is 4.99 Å². The summed E-state index contributed by atoms with van der Waals surface area (Å²) in [5.74, 6) is -0.281. The number of hydrogen-bond acceptors (Lipinski definition) is 4. The summed E-state index contributed by atoms with van der Waals surface area (Å²) < 4.78 is 35.2. The summed E-state index contributed by atoms with van der Waals surface area (Å²) in [4.78, 5) is 15.0. The lowest BCUT2D eigenvalue weighted by Gasteiger charge is -2.10. The average molecular weight is 238 g/mol. The Morgan fingerprint density at radius 2 is 2.31 bits per heavy atom. The Morgan fingerprint density at radius 3 is 2.81 bits per heavy atom. The van der Waals surface area contributed by atoms with E-state index >= 15 is 0 Å². The molecular weight excluding hydrogens is 225 g/mol. The van der Waals surface area contributed by atoms with Gasteiger partial charge in [0.15, 0.2) is 5.96 Å². The monoisotopic (exact) mass is 238 g/mol. The molecule has 0 aromatic heterocycles. The number of halogens is 3. The molecule has 92 valence electrons. The number of nitrogens with one attached hydrogen (secondary N) is 3. The molecular formula is C8H13F3N4O. The first-order valence-corrected chi connectivity index (χ1v) is 4.75. The normalized spacial score (nSPS) is 20.0. The van der Waals surface area contributed by atoms with Crippen LogP contribution in [0.4, 0.5) is 13.2 Å². The summed E-state index contributed by atoms with van der Waals surface area (Å²) in [6.45, 7) is 0.951. The van der Waals surface area contributed by atoms with Gasteiger partial charge in [-0.2, -0.15) is 13.2 Å². The standard InChI is InChI=1S/C8H13F3N4O/c1-5-2-12-7(15-5)13-3-6(16)14-4-8(9,10)11/h5H,2-4H2,1H3,(H,14,16)(H2,12,13,15). The first-order valence-electron chi connectivity index (χ1n) is 4.75. The maximum atomic E-state index is 11.7. The Hall–Kier alpha value is -1.47. The molecule has 3 N–H and O–H groups in total. The lowest BCUT2D eigenvalue weighted by Crippen LogP contribution is -2.44. The van der Waals surface area contributed by atoms with Gasteiger partial charge in [-0.25, -0.2) is 0 Å². The second-order valence-corrected chi connectivity index (χ2v) is 3.48. The van der Waals surface area contributed by atoms with Gasteiger partial charge in [0.2, 0.25) is 5.91 Å². The molecule has 0 fully saturated rings. The topological polar surface area (TPSA) is 65.5 Å². The highest BCUT2D eigenvalue weighted by atomic mass is 19.4. The molecule has 8 heteroatoms. The SMILES string of the molecule is CC1CN=C(NCC(=O)NCC(F)(F)F)N1. The summed E-state index contributed by atoms with van der Waals surface area (Å²) in [5.41, 5.74) is 0. The molecule has 0 saturated carbocycles. The molecule has 0 aliphatic carbocycles. The number of carbonyl (C=O) groups is 1. The van der Waals surface area contributed by atoms with Gasteiger partial charge in [-0.05, 0) is 6.92 Å². The number of aliphatic imine (C=N–C) groups is 1. The highest BCUT2D eigenvalue weighted by Crippen LogP contribution is 2.11. The maximum Gasteiger partial charge on any atom is 0.405 e. The van der Waals surface area contributed by atoms with E-state index < -0.39 is 18.6 Å². The second kappa shape index (κ2) is 5.04. The number of guanidine groups is 1. The van der Waals surface area contributed by atoms with Gasteiger partial charge < -0.3 is 16.0 Å². The Bertz CT molecular complexity index is 289. The van der Waals surface area contributed by atoms with Gasteiger partial charge in [-0.15, -0.1) is 0 Å². The van der Waals surface area contributed by atoms with Crippen LogP contribution in [0.25, 0.3) is 0 Å². The summed E-state index contributed by atoms with van der Waals surface area (Å²) >= 11 is 0. The molecule has 1 unspecified atom stereocenters. The van der Waals surface area contributed by atoms with Crippen molar-refractivity contribution < 1.29 is 18.0 Å². The van der Waals surface area contributed by atoms with E-state index in [-0.39, 0.29) is 12.6 Å². The molecule has 0 bridgehead atoms. The smallest absolute Gasteiger partial charge is 0.352 e. The number of amides is 1. The average Bonchev–Trinajstić information content (AvgIpc) is 2.57. The van der Waals surface area contributed by atoms with Crippen LogP contribution in [0, 0.1) is 0 Å². The van der Waals surface area contributed by atoms with E-state index in [1.54, 1.807) is 5.32 Å². The predicted molar refractivity (Wildman–Crippen MR) is 52.0 cm³/mol. The van der Waals surface area contributed by atoms with Crippen LogP contribution in [0.5, 0.6) is 0 Å². The number of nitrogens with zero attached hydrogens (tertiary/aromatic N) is 1. The van der Waals surface area contributed by atoms with Gasteiger partial charge in [-0.1, -0.05) is 0 Å². The third-order valence-corrected chi connectivity index (χ3v) is 1.81.